The first-order chi connectivity index (χ1) is 10.1. The SMILES string of the molecule is Cc1nc(N(CCO)C(C)C)c2c3c(sc2n1)CCCC3. The molecule has 21 heavy (non-hydrogen) atoms. The van der Waals surface area contributed by atoms with Crippen LogP contribution in [0, 0.1) is 6.92 Å². The first kappa shape index (κ1) is 14.7. The molecule has 2 aromatic rings. The van der Waals surface area contributed by atoms with Crippen molar-refractivity contribution >= 4 is 27.4 Å². The number of hydrogen-bond donors (Lipinski definition) is 1. The number of fused-ring (bicyclic) bond motifs is 3. The molecule has 2 heterocycles. The summed E-state index contributed by atoms with van der Waals surface area (Å²) in [6.07, 6.45) is 4.86. The fraction of sp³-hybridized carbons (Fsp3) is 0.625. The van der Waals surface area contributed by atoms with Crippen LogP contribution in [-0.2, 0) is 12.8 Å². The summed E-state index contributed by atoms with van der Waals surface area (Å²) in [6, 6.07) is 0.314. The van der Waals surface area contributed by atoms with Crippen molar-refractivity contribution in [2.75, 3.05) is 18.1 Å². The summed E-state index contributed by atoms with van der Waals surface area (Å²) >= 11 is 1.83. The second-order valence-corrected chi connectivity index (χ2v) is 7.08. The third kappa shape index (κ3) is 2.64. The van der Waals surface area contributed by atoms with Crippen molar-refractivity contribution in [3.05, 3.63) is 16.3 Å². The fourth-order valence-electron chi connectivity index (χ4n) is 3.17. The van der Waals surface area contributed by atoms with Crippen LogP contribution in [0.2, 0.25) is 0 Å². The quantitative estimate of drug-likeness (QED) is 0.943. The van der Waals surface area contributed by atoms with Crippen LogP contribution in [0.3, 0.4) is 0 Å². The number of rotatable bonds is 4. The second kappa shape index (κ2) is 5.89. The summed E-state index contributed by atoms with van der Waals surface area (Å²) in [6.45, 7) is 7.03. The van der Waals surface area contributed by atoms with Crippen molar-refractivity contribution in [3.63, 3.8) is 0 Å². The molecule has 1 aliphatic rings. The molecule has 0 aliphatic heterocycles. The van der Waals surface area contributed by atoms with E-state index >= 15 is 0 Å². The van der Waals surface area contributed by atoms with Gasteiger partial charge in [-0.15, -0.1) is 11.3 Å². The summed E-state index contributed by atoms with van der Waals surface area (Å²) in [4.78, 5) is 14.2. The average Bonchev–Trinajstić information content (AvgIpc) is 2.81. The monoisotopic (exact) mass is 305 g/mol. The number of nitrogens with zero attached hydrogens (tertiary/aromatic N) is 3. The molecule has 1 aliphatic carbocycles. The summed E-state index contributed by atoms with van der Waals surface area (Å²) in [5.74, 6) is 1.83. The molecular formula is C16H23N3OS. The van der Waals surface area contributed by atoms with Crippen molar-refractivity contribution in [2.45, 2.75) is 52.5 Å². The Balaban J connectivity index is 2.22. The van der Waals surface area contributed by atoms with Gasteiger partial charge >= 0.3 is 0 Å². The van der Waals surface area contributed by atoms with Crippen LogP contribution in [0.25, 0.3) is 10.2 Å². The molecule has 1 N–H and O–H groups in total. The second-order valence-electron chi connectivity index (χ2n) is 6.00. The lowest BCUT2D eigenvalue weighted by Gasteiger charge is -2.28. The highest BCUT2D eigenvalue weighted by Crippen LogP contribution is 2.40. The molecular weight excluding hydrogens is 282 g/mol. The Morgan fingerprint density at radius 1 is 1.24 bits per heavy atom. The van der Waals surface area contributed by atoms with E-state index in [-0.39, 0.29) is 6.61 Å². The van der Waals surface area contributed by atoms with E-state index in [1.807, 2.05) is 18.3 Å². The molecule has 5 heteroatoms. The van der Waals surface area contributed by atoms with E-state index in [0.29, 0.717) is 12.6 Å². The van der Waals surface area contributed by atoms with Crippen LogP contribution < -0.4 is 4.90 Å². The number of aromatic nitrogens is 2. The van der Waals surface area contributed by atoms with Gasteiger partial charge in [-0.2, -0.15) is 0 Å². The van der Waals surface area contributed by atoms with Crippen LogP contribution in [0.15, 0.2) is 0 Å². The zero-order valence-electron chi connectivity index (χ0n) is 13.0. The van der Waals surface area contributed by atoms with E-state index in [4.69, 9.17) is 4.98 Å². The highest BCUT2D eigenvalue weighted by molar-refractivity contribution is 7.19. The number of hydrogen-bond acceptors (Lipinski definition) is 5. The summed E-state index contributed by atoms with van der Waals surface area (Å²) in [5.41, 5.74) is 1.46. The molecule has 0 saturated heterocycles. The molecule has 0 bridgehead atoms. The third-order valence-electron chi connectivity index (χ3n) is 4.14. The van der Waals surface area contributed by atoms with Gasteiger partial charge in [0.15, 0.2) is 0 Å². The van der Waals surface area contributed by atoms with Crippen molar-refractivity contribution in [1.82, 2.24) is 9.97 Å². The molecule has 3 rings (SSSR count). The topological polar surface area (TPSA) is 49.2 Å². The first-order valence-electron chi connectivity index (χ1n) is 7.78. The minimum Gasteiger partial charge on any atom is -0.395 e. The van der Waals surface area contributed by atoms with E-state index in [0.717, 1.165) is 22.9 Å². The van der Waals surface area contributed by atoms with Crippen LogP contribution in [0.5, 0.6) is 0 Å². The summed E-state index contributed by atoms with van der Waals surface area (Å²) in [7, 11) is 0. The Hall–Kier alpha value is -1.20. The number of anilines is 1. The maximum absolute atomic E-state index is 9.39. The lowest BCUT2D eigenvalue weighted by molar-refractivity contribution is 0.298. The van der Waals surface area contributed by atoms with E-state index in [9.17, 15) is 5.11 Å². The Morgan fingerprint density at radius 3 is 2.71 bits per heavy atom. The molecule has 4 nitrogen and oxygen atoms in total. The van der Waals surface area contributed by atoms with Gasteiger partial charge in [-0.05, 0) is 52.0 Å². The molecule has 0 fully saturated rings. The van der Waals surface area contributed by atoms with Crippen molar-refractivity contribution < 1.29 is 5.11 Å². The highest BCUT2D eigenvalue weighted by atomic mass is 32.1. The van der Waals surface area contributed by atoms with E-state index in [1.54, 1.807) is 0 Å². The van der Waals surface area contributed by atoms with Gasteiger partial charge < -0.3 is 10.0 Å². The Bertz CT molecular complexity index is 650. The van der Waals surface area contributed by atoms with Crippen LogP contribution >= 0.6 is 11.3 Å². The molecule has 2 aromatic heterocycles. The smallest absolute Gasteiger partial charge is 0.141 e. The standard InChI is InChI=1S/C16H23N3OS/c1-10(2)19(8-9-20)15-14-12-6-4-5-7-13(12)21-16(14)18-11(3)17-15/h10,20H,4-9H2,1-3H3. The Labute approximate surface area is 129 Å². The predicted octanol–water partition coefficient (Wildman–Crippen LogP) is 3.09. The van der Waals surface area contributed by atoms with E-state index < -0.39 is 0 Å². The molecule has 0 aromatic carbocycles. The largest absolute Gasteiger partial charge is 0.395 e. The molecule has 0 amide bonds. The van der Waals surface area contributed by atoms with Crippen molar-refractivity contribution in [2.24, 2.45) is 0 Å². The maximum Gasteiger partial charge on any atom is 0.141 e. The van der Waals surface area contributed by atoms with Gasteiger partial charge in [0.25, 0.3) is 0 Å². The minimum absolute atomic E-state index is 0.148. The molecule has 0 radical (unpaired) electrons. The van der Waals surface area contributed by atoms with Crippen LogP contribution in [-0.4, -0.2) is 34.3 Å². The van der Waals surface area contributed by atoms with Gasteiger partial charge in [0.1, 0.15) is 16.5 Å². The van der Waals surface area contributed by atoms with Gasteiger partial charge in [0, 0.05) is 17.5 Å². The van der Waals surface area contributed by atoms with Crippen molar-refractivity contribution in [3.8, 4) is 0 Å². The van der Waals surface area contributed by atoms with Gasteiger partial charge in [-0.25, -0.2) is 9.97 Å². The molecule has 0 spiro atoms. The molecule has 0 unspecified atom stereocenters. The Morgan fingerprint density at radius 2 is 2.00 bits per heavy atom. The van der Waals surface area contributed by atoms with Gasteiger partial charge in [0.2, 0.25) is 0 Å². The number of aliphatic hydroxyl groups is 1. The van der Waals surface area contributed by atoms with Gasteiger partial charge in [-0.1, -0.05) is 0 Å². The summed E-state index contributed by atoms with van der Waals surface area (Å²) < 4.78 is 0. The summed E-state index contributed by atoms with van der Waals surface area (Å²) in [5, 5.41) is 10.6. The number of thiophene rings is 1. The third-order valence-corrected chi connectivity index (χ3v) is 5.33. The lowest BCUT2D eigenvalue weighted by Crippen LogP contribution is -2.34. The lowest BCUT2D eigenvalue weighted by atomic mass is 9.97. The molecule has 0 atom stereocenters. The van der Waals surface area contributed by atoms with E-state index in [1.165, 1.54) is 35.1 Å². The minimum atomic E-state index is 0.148. The fourth-order valence-corrected chi connectivity index (χ4v) is 4.47. The predicted molar refractivity (Wildman–Crippen MR) is 88.4 cm³/mol. The number of aryl methyl sites for hydroxylation is 3. The van der Waals surface area contributed by atoms with Gasteiger partial charge in [0.05, 0.1) is 12.0 Å². The van der Waals surface area contributed by atoms with Gasteiger partial charge in [-0.3, -0.25) is 0 Å². The van der Waals surface area contributed by atoms with Crippen LogP contribution in [0.4, 0.5) is 5.82 Å². The molecule has 114 valence electrons. The average molecular weight is 305 g/mol. The zero-order valence-corrected chi connectivity index (χ0v) is 13.8. The zero-order chi connectivity index (χ0) is 15.0. The van der Waals surface area contributed by atoms with E-state index in [2.05, 4.69) is 23.7 Å². The van der Waals surface area contributed by atoms with Crippen molar-refractivity contribution in [1.29, 1.82) is 0 Å². The maximum atomic E-state index is 9.39. The Kier molecular flexibility index (Phi) is 4.13. The highest BCUT2D eigenvalue weighted by Gasteiger charge is 2.24. The molecule has 0 saturated carbocycles. The van der Waals surface area contributed by atoms with Crippen LogP contribution in [0.1, 0.15) is 43.0 Å². The normalized spacial score (nSPS) is 14.7. The number of aliphatic hydroxyl groups excluding tert-OH is 1. The first-order valence-corrected chi connectivity index (χ1v) is 8.60.